The first-order chi connectivity index (χ1) is 15.3. The first-order valence-corrected chi connectivity index (χ1v) is 13.1. The van der Waals surface area contributed by atoms with Crippen LogP contribution in [0.1, 0.15) is 71.4 Å². The van der Waals surface area contributed by atoms with Gasteiger partial charge in [0.25, 0.3) is 0 Å². The van der Waals surface area contributed by atoms with Gasteiger partial charge in [-0.3, -0.25) is 4.90 Å². The van der Waals surface area contributed by atoms with Crippen LogP contribution in [0.15, 0.2) is 18.2 Å². The van der Waals surface area contributed by atoms with Crippen molar-refractivity contribution in [2.24, 2.45) is 22.7 Å². The second-order valence-corrected chi connectivity index (χ2v) is 11.9. The minimum atomic E-state index is 0.216. The highest BCUT2D eigenvalue weighted by Gasteiger charge is 2.50. The molecule has 1 aromatic heterocycles. The molecule has 2 heterocycles. The van der Waals surface area contributed by atoms with Gasteiger partial charge in [-0.25, -0.2) is 4.98 Å². The Morgan fingerprint density at radius 1 is 0.969 bits per heavy atom. The van der Waals surface area contributed by atoms with Crippen LogP contribution in [0.5, 0.6) is 0 Å². The molecule has 4 rings (SSSR count). The molecule has 3 unspecified atom stereocenters. The predicted octanol–water partition coefficient (Wildman–Crippen LogP) is 4.13. The molecule has 0 radical (unpaired) electrons. The van der Waals surface area contributed by atoms with Crippen LogP contribution in [0.2, 0.25) is 0 Å². The summed E-state index contributed by atoms with van der Waals surface area (Å²) in [7, 11) is 0. The van der Waals surface area contributed by atoms with Crippen LogP contribution in [0, 0.1) is 22.7 Å². The van der Waals surface area contributed by atoms with Gasteiger partial charge in [0, 0.05) is 57.4 Å². The summed E-state index contributed by atoms with van der Waals surface area (Å²) in [5, 5.41) is 12.2. The molecule has 180 valence electrons. The number of aliphatic hydroxyl groups is 1. The Bertz CT molecular complexity index is 741. The standard InChI is InChI=1S/C27H46N4O/c1-26(2)10-11-27(3,4)23-20-21(8-9-22(23)26)24-6-5-7-25(29-24)31-17-15-30(16-18-31)14-12-28-13-19-32/h5-7,21-23,28,32H,8-20H2,1-4H3. The van der Waals surface area contributed by atoms with Crippen molar-refractivity contribution in [1.82, 2.24) is 15.2 Å². The summed E-state index contributed by atoms with van der Waals surface area (Å²) >= 11 is 0. The van der Waals surface area contributed by atoms with E-state index in [9.17, 15) is 0 Å². The number of nitrogens with zero attached hydrogens (tertiary/aromatic N) is 3. The Labute approximate surface area is 196 Å². The number of aromatic nitrogens is 1. The second kappa shape index (κ2) is 9.99. The lowest BCUT2D eigenvalue weighted by Crippen LogP contribution is -2.48. The topological polar surface area (TPSA) is 51.6 Å². The summed E-state index contributed by atoms with van der Waals surface area (Å²) in [6.45, 7) is 17.2. The van der Waals surface area contributed by atoms with E-state index < -0.39 is 0 Å². The van der Waals surface area contributed by atoms with Crippen molar-refractivity contribution in [3.8, 4) is 0 Å². The number of anilines is 1. The maximum Gasteiger partial charge on any atom is 0.128 e. The second-order valence-electron chi connectivity index (χ2n) is 11.9. The third-order valence-electron chi connectivity index (χ3n) is 9.04. The molecular weight excluding hydrogens is 396 g/mol. The zero-order valence-electron chi connectivity index (χ0n) is 20.9. The molecule has 0 bridgehead atoms. The summed E-state index contributed by atoms with van der Waals surface area (Å²) in [4.78, 5) is 10.2. The number of piperazine rings is 1. The highest BCUT2D eigenvalue weighted by Crippen LogP contribution is 2.59. The fourth-order valence-corrected chi connectivity index (χ4v) is 6.74. The van der Waals surface area contributed by atoms with E-state index in [1.165, 1.54) is 43.6 Å². The Kier molecular flexibility index (Phi) is 7.48. The van der Waals surface area contributed by atoms with E-state index in [1.807, 2.05) is 0 Å². The van der Waals surface area contributed by atoms with Gasteiger partial charge in [0.15, 0.2) is 0 Å². The van der Waals surface area contributed by atoms with Gasteiger partial charge in [-0.15, -0.1) is 0 Å². The van der Waals surface area contributed by atoms with Gasteiger partial charge in [-0.05, 0) is 66.9 Å². The maximum atomic E-state index is 8.90. The number of rotatable bonds is 7. The van der Waals surface area contributed by atoms with E-state index in [0.29, 0.717) is 23.3 Å². The summed E-state index contributed by atoms with van der Waals surface area (Å²) in [5.41, 5.74) is 2.28. The van der Waals surface area contributed by atoms with Gasteiger partial charge >= 0.3 is 0 Å². The Morgan fingerprint density at radius 3 is 2.41 bits per heavy atom. The molecule has 1 aromatic rings. The van der Waals surface area contributed by atoms with Crippen LogP contribution in [-0.2, 0) is 0 Å². The minimum absolute atomic E-state index is 0.216. The molecule has 1 aliphatic heterocycles. The molecule has 1 saturated heterocycles. The van der Waals surface area contributed by atoms with Crippen LogP contribution in [-0.4, -0.2) is 67.4 Å². The average molecular weight is 443 g/mol. The molecule has 5 nitrogen and oxygen atoms in total. The van der Waals surface area contributed by atoms with E-state index in [4.69, 9.17) is 10.1 Å². The Hall–Kier alpha value is -1.17. The maximum absolute atomic E-state index is 8.90. The molecule has 2 saturated carbocycles. The van der Waals surface area contributed by atoms with Crippen LogP contribution >= 0.6 is 0 Å². The zero-order valence-corrected chi connectivity index (χ0v) is 20.9. The average Bonchev–Trinajstić information content (AvgIpc) is 2.80. The third kappa shape index (κ3) is 5.31. The molecule has 0 aromatic carbocycles. The van der Waals surface area contributed by atoms with Crippen molar-refractivity contribution >= 4 is 5.82 Å². The summed E-state index contributed by atoms with van der Waals surface area (Å²) in [6.07, 6.45) is 6.71. The quantitative estimate of drug-likeness (QED) is 0.622. The molecule has 3 aliphatic rings. The monoisotopic (exact) mass is 442 g/mol. The first-order valence-electron chi connectivity index (χ1n) is 13.1. The molecule has 2 aliphatic carbocycles. The number of aliphatic hydroxyl groups excluding tert-OH is 1. The van der Waals surface area contributed by atoms with Crippen molar-refractivity contribution in [2.75, 3.05) is 57.3 Å². The van der Waals surface area contributed by atoms with Gasteiger partial charge in [0.1, 0.15) is 5.82 Å². The summed E-state index contributed by atoms with van der Waals surface area (Å²) < 4.78 is 0. The SMILES string of the molecule is CC1(C)CCC(C)(C)C2CC(c3cccc(N4CCN(CCNCCO)CC4)n3)CCC21. The van der Waals surface area contributed by atoms with Gasteiger partial charge in [-0.1, -0.05) is 33.8 Å². The number of fused-ring (bicyclic) bond motifs is 1. The molecule has 3 fully saturated rings. The zero-order chi connectivity index (χ0) is 22.8. The van der Waals surface area contributed by atoms with Crippen molar-refractivity contribution in [2.45, 2.75) is 65.7 Å². The lowest BCUT2D eigenvalue weighted by atomic mass is 9.49. The van der Waals surface area contributed by atoms with E-state index in [2.05, 4.69) is 61.0 Å². The van der Waals surface area contributed by atoms with Crippen LogP contribution < -0.4 is 10.2 Å². The fraction of sp³-hybridized carbons (Fsp3) is 0.815. The van der Waals surface area contributed by atoms with Gasteiger partial charge < -0.3 is 15.3 Å². The molecule has 2 N–H and O–H groups in total. The van der Waals surface area contributed by atoms with E-state index in [-0.39, 0.29) is 6.61 Å². The van der Waals surface area contributed by atoms with E-state index in [1.54, 1.807) is 0 Å². The number of hydrogen-bond acceptors (Lipinski definition) is 5. The Morgan fingerprint density at radius 2 is 1.69 bits per heavy atom. The highest BCUT2D eigenvalue weighted by atomic mass is 16.3. The number of nitrogens with one attached hydrogen (secondary N) is 1. The van der Waals surface area contributed by atoms with Gasteiger partial charge in [0.05, 0.1) is 6.61 Å². The fourth-order valence-electron chi connectivity index (χ4n) is 6.74. The molecule has 3 atom stereocenters. The third-order valence-corrected chi connectivity index (χ3v) is 9.04. The molecule has 0 amide bonds. The first kappa shape index (κ1) is 24.0. The highest BCUT2D eigenvalue weighted by molar-refractivity contribution is 5.40. The lowest BCUT2D eigenvalue weighted by molar-refractivity contribution is -0.0501. The van der Waals surface area contributed by atoms with Gasteiger partial charge in [-0.2, -0.15) is 0 Å². The smallest absolute Gasteiger partial charge is 0.128 e. The molecule has 5 heteroatoms. The van der Waals surface area contributed by atoms with Crippen LogP contribution in [0.4, 0.5) is 5.82 Å². The van der Waals surface area contributed by atoms with Crippen molar-refractivity contribution in [1.29, 1.82) is 0 Å². The predicted molar refractivity (Wildman–Crippen MR) is 133 cm³/mol. The number of pyridine rings is 1. The van der Waals surface area contributed by atoms with Crippen LogP contribution in [0.3, 0.4) is 0 Å². The molecular formula is C27H46N4O. The largest absolute Gasteiger partial charge is 0.395 e. The van der Waals surface area contributed by atoms with Crippen LogP contribution in [0.25, 0.3) is 0 Å². The Balaban J connectivity index is 1.37. The van der Waals surface area contributed by atoms with E-state index >= 15 is 0 Å². The molecule has 32 heavy (non-hydrogen) atoms. The van der Waals surface area contributed by atoms with Crippen molar-refractivity contribution in [3.63, 3.8) is 0 Å². The minimum Gasteiger partial charge on any atom is -0.395 e. The number of hydrogen-bond donors (Lipinski definition) is 2. The lowest BCUT2D eigenvalue weighted by Gasteiger charge is -2.56. The van der Waals surface area contributed by atoms with Gasteiger partial charge in [0.2, 0.25) is 0 Å². The molecule has 0 spiro atoms. The summed E-state index contributed by atoms with van der Waals surface area (Å²) in [5.74, 6) is 3.47. The summed E-state index contributed by atoms with van der Waals surface area (Å²) in [6, 6.07) is 6.74. The van der Waals surface area contributed by atoms with Crippen molar-refractivity contribution in [3.05, 3.63) is 23.9 Å². The van der Waals surface area contributed by atoms with E-state index in [0.717, 1.165) is 51.1 Å². The van der Waals surface area contributed by atoms with Crippen molar-refractivity contribution < 1.29 is 5.11 Å². The normalized spacial score (nSPS) is 30.2.